The van der Waals surface area contributed by atoms with Gasteiger partial charge in [0.05, 0.1) is 6.10 Å². The molecule has 5 nitrogen and oxygen atoms in total. The van der Waals surface area contributed by atoms with E-state index in [0.717, 1.165) is 18.5 Å². The molecule has 3 N–H and O–H groups in total. The number of amides is 1. The Bertz CT molecular complexity index is 526. The number of hydrogen-bond donors (Lipinski definition) is 3. The van der Waals surface area contributed by atoms with Crippen LogP contribution in [0, 0.1) is 0 Å². The molecule has 0 saturated carbocycles. The van der Waals surface area contributed by atoms with E-state index >= 15 is 0 Å². The maximum atomic E-state index is 12.0. The van der Waals surface area contributed by atoms with Gasteiger partial charge in [0, 0.05) is 24.2 Å². The van der Waals surface area contributed by atoms with Crippen molar-refractivity contribution < 1.29 is 14.7 Å². The van der Waals surface area contributed by atoms with Crippen LogP contribution in [0.5, 0.6) is 0 Å². The number of nitrogens with one attached hydrogen (secondary N) is 2. The van der Waals surface area contributed by atoms with Crippen LogP contribution in [0.4, 0.5) is 0 Å². The molecule has 1 aromatic carbocycles. The molecule has 0 aromatic heterocycles. The fourth-order valence-electron chi connectivity index (χ4n) is 2.18. The minimum Gasteiger partial charge on any atom is -0.387 e. The van der Waals surface area contributed by atoms with Crippen LogP contribution in [0.25, 0.3) is 0 Å². The van der Waals surface area contributed by atoms with E-state index in [-0.39, 0.29) is 5.91 Å². The zero-order valence-electron chi connectivity index (χ0n) is 13.1. The number of carbonyl (C=O) groups excluding carboxylic acids is 2. The third-order valence-electron chi connectivity index (χ3n) is 3.32. The SMILES string of the molecule is CC.O=Cc1ccccc1C(=O)NC/C=C1\CCNCC1O. The molecule has 1 heterocycles. The van der Waals surface area contributed by atoms with E-state index in [4.69, 9.17) is 0 Å². The minimum absolute atomic E-state index is 0.284. The van der Waals surface area contributed by atoms with Crippen LogP contribution in [0.3, 0.4) is 0 Å². The molecular weight excluding hydrogens is 280 g/mol. The second-order valence-corrected chi connectivity index (χ2v) is 4.66. The van der Waals surface area contributed by atoms with E-state index in [0.29, 0.717) is 30.5 Å². The molecule has 0 bridgehead atoms. The van der Waals surface area contributed by atoms with Crippen molar-refractivity contribution in [1.82, 2.24) is 10.6 Å². The van der Waals surface area contributed by atoms with Gasteiger partial charge < -0.3 is 15.7 Å². The summed E-state index contributed by atoms with van der Waals surface area (Å²) in [4.78, 5) is 22.8. The van der Waals surface area contributed by atoms with Gasteiger partial charge in [-0.05, 0) is 24.6 Å². The van der Waals surface area contributed by atoms with Gasteiger partial charge in [0.2, 0.25) is 0 Å². The molecule has 1 aliphatic heterocycles. The van der Waals surface area contributed by atoms with E-state index in [1.54, 1.807) is 24.3 Å². The topological polar surface area (TPSA) is 78.4 Å². The summed E-state index contributed by atoms with van der Waals surface area (Å²) in [5.41, 5.74) is 1.68. The predicted molar refractivity (Wildman–Crippen MR) is 87.1 cm³/mol. The third kappa shape index (κ3) is 5.09. The average Bonchev–Trinajstić information content (AvgIpc) is 2.58. The van der Waals surface area contributed by atoms with Gasteiger partial charge in [0.1, 0.15) is 0 Å². The number of aldehydes is 1. The second-order valence-electron chi connectivity index (χ2n) is 4.66. The molecule has 0 aliphatic carbocycles. The Morgan fingerprint density at radius 1 is 1.41 bits per heavy atom. The molecule has 22 heavy (non-hydrogen) atoms. The van der Waals surface area contributed by atoms with Gasteiger partial charge in [-0.3, -0.25) is 9.59 Å². The van der Waals surface area contributed by atoms with Crippen molar-refractivity contribution in [2.24, 2.45) is 0 Å². The molecule has 0 spiro atoms. The lowest BCUT2D eigenvalue weighted by atomic mass is 10.0. The van der Waals surface area contributed by atoms with Crippen molar-refractivity contribution in [2.45, 2.75) is 26.4 Å². The number of rotatable bonds is 4. The highest BCUT2D eigenvalue weighted by molar-refractivity contribution is 6.01. The van der Waals surface area contributed by atoms with Crippen molar-refractivity contribution in [3.63, 3.8) is 0 Å². The summed E-state index contributed by atoms with van der Waals surface area (Å²) in [6.07, 6.45) is 2.81. The maximum Gasteiger partial charge on any atom is 0.252 e. The number of hydrogen-bond acceptors (Lipinski definition) is 4. The Balaban J connectivity index is 0.00000116. The van der Waals surface area contributed by atoms with Crippen molar-refractivity contribution in [3.8, 4) is 0 Å². The van der Waals surface area contributed by atoms with E-state index in [9.17, 15) is 14.7 Å². The van der Waals surface area contributed by atoms with Gasteiger partial charge in [0.25, 0.3) is 5.91 Å². The first-order valence-electron chi connectivity index (χ1n) is 7.62. The monoisotopic (exact) mass is 304 g/mol. The molecule has 1 aromatic rings. The number of piperidine rings is 1. The molecular formula is C17H24N2O3. The highest BCUT2D eigenvalue weighted by Gasteiger charge is 2.15. The normalized spacial score (nSPS) is 19.0. The summed E-state index contributed by atoms with van der Waals surface area (Å²) in [6, 6.07) is 6.66. The van der Waals surface area contributed by atoms with Crippen LogP contribution in [-0.4, -0.2) is 43.0 Å². The van der Waals surface area contributed by atoms with Crippen molar-refractivity contribution in [2.75, 3.05) is 19.6 Å². The molecule has 0 radical (unpaired) electrons. The van der Waals surface area contributed by atoms with Crippen LogP contribution < -0.4 is 10.6 Å². The van der Waals surface area contributed by atoms with Crippen molar-refractivity contribution in [3.05, 3.63) is 47.0 Å². The highest BCUT2D eigenvalue weighted by atomic mass is 16.3. The fourth-order valence-corrected chi connectivity index (χ4v) is 2.18. The van der Waals surface area contributed by atoms with Gasteiger partial charge in [-0.15, -0.1) is 0 Å². The Kier molecular flexibility index (Phi) is 8.10. The summed E-state index contributed by atoms with van der Waals surface area (Å²) >= 11 is 0. The molecule has 5 heteroatoms. The largest absolute Gasteiger partial charge is 0.387 e. The van der Waals surface area contributed by atoms with Gasteiger partial charge >= 0.3 is 0 Å². The smallest absolute Gasteiger partial charge is 0.252 e. The first-order chi connectivity index (χ1) is 10.7. The van der Waals surface area contributed by atoms with Gasteiger partial charge in [0.15, 0.2) is 6.29 Å². The maximum absolute atomic E-state index is 12.0. The van der Waals surface area contributed by atoms with Crippen molar-refractivity contribution >= 4 is 12.2 Å². The molecule has 1 aliphatic rings. The summed E-state index contributed by atoms with van der Waals surface area (Å²) in [5, 5.41) is 15.6. The zero-order chi connectivity index (χ0) is 16.4. The molecule has 1 fully saturated rings. The first kappa shape index (κ1) is 18.1. The van der Waals surface area contributed by atoms with Crippen molar-refractivity contribution in [1.29, 1.82) is 0 Å². The minimum atomic E-state index is -0.483. The second kappa shape index (κ2) is 9.87. The van der Waals surface area contributed by atoms with E-state index < -0.39 is 6.10 Å². The number of β-amino-alcohol motifs (C(OH)–C–C–N with tert-alkyl or cyclic N) is 1. The van der Waals surface area contributed by atoms with E-state index in [2.05, 4.69) is 10.6 Å². The Hall–Kier alpha value is -1.98. The summed E-state index contributed by atoms with van der Waals surface area (Å²) in [6.45, 7) is 5.73. The van der Waals surface area contributed by atoms with Gasteiger partial charge in [-0.1, -0.05) is 38.1 Å². The number of carbonyl (C=O) groups is 2. The van der Waals surface area contributed by atoms with E-state index in [1.165, 1.54) is 0 Å². The standard InChI is InChI=1S/C15H18N2O3.C2H6/c18-10-12-3-1-2-4-13(12)15(20)17-8-6-11-5-7-16-9-14(11)19;1-2/h1-4,6,10,14,16,19H,5,7-9H2,(H,17,20);1-2H3/b11-6+;. The first-order valence-corrected chi connectivity index (χ1v) is 7.62. The molecule has 1 amide bonds. The zero-order valence-corrected chi connectivity index (χ0v) is 13.1. The molecule has 1 unspecified atom stereocenters. The lowest BCUT2D eigenvalue weighted by molar-refractivity contribution is 0.0952. The number of benzene rings is 1. The molecule has 120 valence electrons. The van der Waals surface area contributed by atoms with Crippen LogP contribution >= 0.6 is 0 Å². The average molecular weight is 304 g/mol. The van der Waals surface area contributed by atoms with Crippen LogP contribution in [0.2, 0.25) is 0 Å². The third-order valence-corrected chi connectivity index (χ3v) is 3.32. The number of aliphatic hydroxyl groups excluding tert-OH is 1. The highest BCUT2D eigenvalue weighted by Crippen LogP contribution is 2.10. The Labute approximate surface area is 131 Å². The van der Waals surface area contributed by atoms with Gasteiger partial charge in [-0.2, -0.15) is 0 Å². The van der Waals surface area contributed by atoms with Crippen LogP contribution in [0.15, 0.2) is 35.9 Å². The molecule has 1 atom stereocenters. The van der Waals surface area contributed by atoms with E-state index in [1.807, 2.05) is 19.9 Å². The summed E-state index contributed by atoms with van der Waals surface area (Å²) < 4.78 is 0. The van der Waals surface area contributed by atoms with Gasteiger partial charge in [-0.25, -0.2) is 0 Å². The Morgan fingerprint density at radius 3 is 2.82 bits per heavy atom. The lowest BCUT2D eigenvalue weighted by Gasteiger charge is -2.21. The molecule has 1 saturated heterocycles. The predicted octanol–water partition coefficient (Wildman–Crippen LogP) is 1.54. The fraction of sp³-hybridized carbons (Fsp3) is 0.412. The molecule has 2 rings (SSSR count). The Morgan fingerprint density at radius 2 is 2.14 bits per heavy atom. The number of aliphatic hydroxyl groups is 1. The van der Waals surface area contributed by atoms with Crippen LogP contribution in [-0.2, 0) is 0 Å². The summed E-state index contributed by atoms with van der Waals surface area (Å²) in [7, 11) is 0. The lowest BCUT2D eigenvalue weighted by Crippen LogP contribution is -2.36. The summed E-state index contributed by atoms with van der Waals surface area (Å²) in [5.74, 6) is -0.284. The quantitative estimate of drug-likeness (QED) is 0.582. The van der Waals surface area contributed by atoms with Crippen LogP contribution in [0.1, 0.15) is 41.0 Å².